The Hall–Kier alpha value is -2.03. The van der Waals surface area contributed by atoms with Crippen LogP contribution in [-0.2, 0) is 9.53 Å². The summed E-state index contributed by atoms with van der Waals surface area (Å²) >= 11 is 0. The molecule has 4 heterocycles. The Kier molecular flexibility index (Phi) is 5.35. The van der Waals surface area contributed by atoms with E-state index in [2.05, 4.69) is 5.10 Å². The lowest BCUT2D eigenvalue weighted by Gasteiger charge is -2.47. The third-order valence-corrected chi connectivity index (χ3v) is 6.33. The molecule has 0 unspecified atom stereocenters. The number of carbonyl (C=O) groups excluding carboxylic acids is 2. The van der Waals surface area contributed by atoms with Crippen molar-refractivity contribution in [2.45, 2.75) is 51.2 Å². The van der Waals surface area contributed by atoms with Crippen LogP contribution in [0.4, 0.5) is 8.78 Å². The SMILES string of the molecule is O=C1CCC2(CCN(C(=O)c3ccn(C(F)F)n3)CC2)CN1C[C@H]1CCCO1. The first-order valence-electron chi connectivity index (χ1n) is 9.98. The molecule has 1 atom stereocenters. The molecular formula is C19H26F2N4O3. The van der Waals surface area contributed by atoms with Gasteiger partial charge in [-0.15, -0.1) is 0 Å². The molecule has 154 valence electrons. The summed E-state index contributed by atoms with van der Waals surface area (Å²) in [6.45, 7) is 0.518. The molecule has 1 aromatic rings. The Morgan fingerprint density at radius 2 is 2.11 bits per heavy atom. The monoisotopic (exact) mass is 396 g/mol. The highest BCUT2D eigenvalue weighted by atomic mass is 19.3. The number of rotatable bonds is 4. The standard InChI is InChI=1S/C19H26F2N4O3/c20-18(21)25-8-4-15(22-25)17(27)23-9-6-19(7-10-23)5-3-16(26)24(13-19)12-14-2-1-11-28-14/h4,8,14,18H,1-3,5-7,9-13H2/t14-/m1/s1. The van der Waals surface area contributed by atoms with Gasteiger partial charge in [0.15, 0.2) is 5.69 Å². The zero-order valence-corrected chi connectivity index (χ0v) is 15.9. The zero-order chi connectivity index (χ0) is 19.7. The maximum absolute atomic E-state index is 12.7. The Morgan fingerprint density at radius 3 is 2.75 bits per heavy atom. The van der Waals surface area contributed by atoms with E-state index in [1.807, 2.05) is 4.90 Å². The fourth-order valence-electron chi connectivity index (χ4n) is 4.62. The van der Waals surface area contributed by atoms with Crippen molar-refractivity contribution in [3.63, 3.8) is 0 Å². The van der Waals surface area contributed by atoms with Crippen molar-refractivity contribution in [3.8, 4) is 0 Å². The predicted molar refractivity (Wildman–Crippen MR) is 95.8 cm³/mol. The molecule has 28 heavy (non-hydrogen) atoms. The summed E-state index contributed by atoms with van der Waals surface area (Å²) in [6, 6.07) is 1.33. The van der Waals surface area contributed by atoms with Crippen molar-refractivity contribution < 1.29 is 23.1 Å². The van der Waals surface area contributed by atoms with E-state index in [9.17, 15) is 18.4 Å². The molecule has 0 radical (unpaired) electrons. The second kappa shape index (κ2) is 7.77. The van der Waals surface area contributed by atoms with Crippen LogP contribution in [-0.4, -0.2) is 70.3 Å². The molecule has 2 amide bonds. The molecule has 3 fully saturated rings. The normalized spacial score (nSPS) is 25.1. The molecule has 3 aliphatic rings. The summed E-state index contributed by atoms with van der Waals surface area (Å²) in [5.41, 5.74) is 0.0844. The summed E-state index contributed by atoms with van der Waals surface area (Å²) in [5, 5.41) is 3.68. The van der Waals surface area contributed by atoms with Crippen LogP contribution in [0.1, 0.15) is 55.6 Å². The molecule has 9 heteroatoms. The van der Waals surface area contributed by atoms with E-state index >= 15 is 0 Å². The van der Waals surface area contributed by atoms with E-state index in [0.29, 0.717) is 37.3 Å². The number of hydrogen-bond donors (Lipinski definition) is 0. The number of halogens is 2. The van der Waals surface area contributed by atoms with Gasteiger partial charge in [-0.1, -0.05) is 0 Å². The second-order valence-corrected chi connectivity index (χ2v) is 8.16. The molecule has 3 aliphatic heterocycles. The lowest BCUT2D eigenvalue weighted by atomic mass is 9.72. The number of carbonyl (C=O) groups is 2. The van der Waals surface area contributed by atoms with E-state index in [4.69, 9.17) is 4.74 Å². The molecule has 1 aromatic heterocycles. The van der Waals surface area contributed by atoms with Crippen LogP contribution in [0.15, 0.2) is 12.3 Å². The minimum absolute atomic E-state index is 0.0334. The number of hydrogen-bond acceptors (Lipinski definition) is 4. The van der Waals surface area contributed by atoms with Gasteiger partial charge in [0.2, 0.25) is 5.91 Å². The molecule has 0 bridgehead atoms. The summed E-state index contributed by atoms with van der Waals surface area (Å²) in [7, 11) is 0. The van der Waals surface area contributed by atoms with Crippen molar-refractivity contribution >= 4 is 11.8 Å². The average molecular weight is 396 g/mol. The van der Waals surface area contributed by atoms with Crippen LogP contribution in [0.25, 0.3) is 0 Å². The minimum atomic E-state index is -2.75. The van der Waals surface area contributed by atoms with Gasteiger partial charge in [-0.25, -0.2) is 4.68 Å². The fraction of sp³-hybridized carbons (Fsp3) is 0.737. The highest BCUT2D eigenvalue weighted by Gasteiger charge is 2.42. The number of amides is 2. The van der Waals surface area contributed by atoms with Crippen molar-refractivity contribution in [1.29, 1.82) is 0 Å². The zero-order valence-electron chi connectivity index (χ0n) is 15.9. The second-order valence-electron chi connectivity index (χ2n) is 8.16. The summed E-state index contributed by atoms with van der Waals surface area (Å²) in [5.74, 6) is -0.116. The van der Waals surface area contributed by atoms with Gasteiger partial charge in [-0.05, 0) is 43.6 Å². The van der Waals surface area contributed by atoms with Crippen molar-refractivity contribution in [2.75, 3.05) is 32.8 Å². The third kappa shape index (κ3) is 3.90. The van der Waals surface area contributed by atoms with Crippen LogP contribution in [0.5, 0.6) is 0 Å². The van der Waals surface area contributed by atoms with Crippen LogP contribution < -0.4 is 0 Å². The number of aromatic nitrogens is 2. The first-order valence-corrected chi connectivity index (χ1v) is 9.98. The van der Waals surface area contributed by atoms with Gasteiger partial charge in [0.25, 0.3) is 5.91 Å². The number of ether oxygens (including phenoxy) is 1. The van der Waals surface area contributed by atoms with Gasteiger partial charge in [0.1, 0.15) is 0 Å². The van der Waals surface area contributed by atoms with Gasteiger partial charge in [0, 0.05) is 45.4 Å². The first kappa shape index (κ1) is 19.3. The minimum Gasteiger partial charge on any atom is -0.376 e. The average Bonchev–Trinajstić information content (AvgIpc) is 3.37. The van der Waals surface area contributed by atoms with Crippen LogP contribution >= 0.6 is 0 Å². The molecule has 0 aliphatic carbocycles. The predicted octanol–water partition coefficient (Wildman–Crippen LogP) is 2.30. The van der Waals surface area contributed by atoms with Crippen LogP contribution in [0, 0.1) is 5.41 Å². The largest absolute Gasteiger partial charge is 0.376 e. The van der Waals surface area contributed by atoms with Gasteiger partial charge in [-0.2, -0.15) is 13.9 Å². The maximum atomic E-state index is 12.7. The van der Waals surface area contributed by atoms with E-state index in [-0.39, 0.29) is 29.0 Å². The van der Waals surface area contributed by atoms with Gasteiger partial charge < -0.3 is 14.5 Å². The molecule has 1 spiro atoms. The van der Waals surface area contributed by atoms with E-state index < -0.39 is 6.55 Å². The topological polar surface area (TPSA) is 67.7 Å². The number of nitrogens with zero attached hydrogens (tertiary/aromatic N) is 4. The van der Waals surface area contributed by atoms with E-state index in [1.165, 1.54) is 6.07 Å². The quantitative estimate of drug-likeness (QED) is 0.783. The smallest absolute Gasteiger partial charge is 0.333 e. The lowest BCUT2D eigenvalue weighted by Crippen LogP contribution is -2.53. The molecule has 0 saturated carbocycles. The Labute approximate surface area is 162 Å². The molecule has 3 saturated heterocycles. The molecular weight excluding hydrogens is 370 g/mol. The van der Waals surface area contributed by atoms with Crippen molar-refractivity contribution in [2.24, 2.45) is 5.41 Å². The molecule has 4 rings (SSSR count). The summed E-state index contributed by atoms with van der Waals surface area (Å²) in [4.78, 5) is 28.6. The van der Waals surface area contributed by atoms with E-state index in [0.717, 1.165) is 44.9 Å². The van der Waals surface area contributed by atoms with Gasteiger partial charge in [-0.3, -0.25) is 9.59 Å². The Balaban J connectivity index is 1.35. The number of likely N-dealkylation sites (tertiary alicyclic amines) is 2. The molecule has 7 nitrogen and oxygen atoms in total. The first-order chi connectivity index (χ1) is 13.5. The Morgan fingerprint density at radius 1 is 1.32 bits per heavy atom. The van der Waals surface area contributed by atoms with Crippen LogP contribution in [0.2, 0.25) is 0 Å². The molecule has 0 N–H and O–H groups in total. The van der Waals surface area contributed by atoms with E-state index in [1.54, 1.807) is 4.90 Å². The highest BCUT2D eigenvalue weighted by Crippen LogP contribution is 2.40. The lowest BCUT2D eigenvalue weighted by molar-refractivity contribution is -0.141. The summed E-state index contributed by atoms with van der Waals surface area (Å²) in [6.07, 6.45) is 6.33. The Bertz CT molecular complexity index is 725. The van der Waals surface area contributed by atoms with Gasteiger partial charge in [0.05, 0.1) is 6.10 Å². The number of alkyl halides is 2. The van der Waals surface area contributed by atoms with Crippen molar-refractivity contribution in [1.82, 2.24) is 19.6 Å². The van der Waals surface area contributed by atoms with Crippen molar-refractivity contribution in [3.05, 3.63) is 18.0 Å². The number of piperidine rings is 2. The summed E-state index contributed by atoms with van der Waals surface area (Å²) < 4.78 is 31.5. The van der Waals surface area contributed by atoms with Crippen LogP contribution in [0.3, 0.4) is 0 Å². The fourth-order valence-corrected chi connectivity index (χ4v) is 4.62. The highest BCUT2D eigenvalue weighted by molar-refractivity contribution is 5.92. The molecule has 0 aromatic carbocycles. The third-order valence-electron chi connectivity index (χ3n) is 6.33. The van der Waals surface area contributed by atoms with Gasteiger partial charge >= 0.3 is 6.55 Å². The maximum Gasteiger partial charge on any atom is 0.333 e.